The number of alkyl halides is 1. The fourth-order valence-corrected chi connectivity index (χ4v) is 3.63. The zero-order chi connectivity index (χ0) is 10.2. The molecule has 2 atom stereocenters. The van der Waals surface area contributed by atoms with Gasteiger partial charge < -0.3 is 4.74 Å². The van der Waals surface area contributed by atoms with Crippen molar-refractivity contribution in [2.45, 2.75) is 9.71 Å². The summed E-state index contributed by atoms with van der Waals surface area (Å²) in [6.07, 6.45) is 4.70. The first-order valence-electron chi connectivity index (χ1n) is 4.79. The number of hydrogen-bond donors (Lipinski definition) is 0. The normalized spacial score (nSPS) is 34.1. The molecule has 2 aliphatic carbocycles. The standard InChI is InChI=1S/C12H6I2O/c13-6-1-2-7-9(5-6)8-3-4-12(14)11(15-12)10(7)8/h1-5,11H. The molecular weight excluding hydrogens is 414 g/mol. The lowest BCUT2D eigenvalue weighted by atomic mass is 9.76. The summed E-state index contributed by atoms with van der Waals surface area (Å²) in [5, 5.41) is 0. The molecule has 1 aromatic rings. The van der Waals surface area contributed by atoms with Crippen LogP contribution < -0.4 is 0 Å². The minimum absolute atomic E-state index is 0.0305. The third-order valence-corrected chi connectivity index (χ3v) is 5.04. The summed E-state index contributed by atoms with van der Waals surface area (Å²) in [7, 11) is 0. The van der Waals surface area contributed by atoms with Crippen LogP contribution in [0.15, 0.2) is 30.4 Å². The van der Waals surface area contributed by atoms with Crippen molar-refractivity contribution in [2.24, 2.45) is 0 Å². The summed E-state index contributed by atoms with van der Waals surface area (Å²) in [6.45, 7) is 0. The lowest BCUT2D eigenvalue weighted by Gasteiger charge is -2.28. The number of hydrogen-bond acceptors (Lipinski definition) is 1. The number of epoxide rings is 1. The van der Waals surface area contributed by atoms with Crippen LogP contribution >= 0.6 is 45.2 Å². The third-order valence-electron chi connectivity index (χ3n) is 3.19. The Bertz CT molecular complexity index is 559. The second-order valence-electron chi connectivity index (χ2n) is 4.05. The van der Waals surface area contributed by atoms with E-state index in [2.05, 4.69) is 75.5 Å². The summed E-state index contributed by atoms with van der Waals surface area (Å²) >= 11 is 4.74. The number of benzene rings is 1. The maximum atomic E-state index is 5.73. The predicted molar refractivity (Wildman–Crippen MR) is 76.7 cm³/mol. The topological polar surface area (TPSA) is 12.5 Å². The van der Waals surface area contributed by atoms with Gasteiger partial charge in [0.2, 0.25) is 0 Å². The van der Waals surface area contributed by atoms with E-state index in [1.807, 2.05) is 0 Å². The van der Waals surface area contributed by atoms with Crippen LogP contribution in [-0.2, 0) is 4.74 Å². The van der Waals surface area contributed by atoms with Crippen LogP contribution in [0.25, 0.3) is 11.1 Å². The van der Waals surface area contributed by atoms with Gasteiger partial charge in [-0.2, -0.15) is 0 Å². The van der Waals surface area contributed by atoms with Gasteiger partial charge in [0.25, 0.3) is 0 Å². The van der Waals surface area contributed by atoms with Crippen molar-refractivity contribution >= 4 is 56.3 Å². The van der Waals surface area contributed by atoms with E-state index >= 15 is 0 Å². The van der Waals surface area contributed by atoms with E-state index in [0.717, 1.165) is 0 Å². The Labute approximate surface area is 115 Å². The summed E-state index contributed by atoms with van der Waals surface area (Å²) in [5.74, 6) is 0. The van der Waals surface area contributed by atoms with E-state index in [-0.39, 0.29) is 3.61 Å². The first-order valence-corrected chi connectivity index (χ1v) is 6.95. The maximum Gasteiger partial charge on any atom is 0.168 e. The largest absolute Gasteiger partial charge is 0.345 e. The van der Waals surface area contributed by atoms with E-state index in [1.165, 1.54) is 25.8 Å². The molecule has 0 N–H and O–H groups in total. The average Bonchev–Trinajstić information content (AvgIpc) is 2.84. The summed E-state index contributed by atoms with van der Waals surface area (Å²) in [6, 6.07) is 6.63. The van der Waals surface area contributed by atoms with Gasteiger partial charge in [-0.3, -0.25) is 0 Å². The van der Waals surface area contributed by atoms with Crippen LogP contribution in [0.2, 0.25) is 0 Å². The molecule has 2 unspecified atom stereocenters. The molecule has 1 aromatic carbocycles. The highest BCUT2D eigenvalue weighted by atomic mass is 127. The van der Waals surface area contributed by atoms with Gasteiger partial charge in [-0.25, -0.2) is 0 Å². The molecule has 4 rings (SSSR count). The molecule has 1 saturated heterocycles. The zero-order valence-corrected chi connectivity index (χ0v) is 11.9. The SMILES string of the molecule is Ic1ccc2c(c1)C1=C2C2OC2(I)C=C1. The third kappa shape index (κ3) is 1.07. The Hall–Kier alpha value is 0.120. The second-order valence-corrected chi connectivity index (χ2v) is 6.98. The molecule has 0 bridgehead atoms. The van der Waals surface area contributed by atoms with Crippen molar-refractivity contribution in [2.75, 3.05) is 0 Å². The highest BCUT2D eigenvalue weighted by Gasteiger charge is 2.59. The Kier molecular flexibility index (Phi) is 1.64. The van der Waals surface area contributed by atoms with Crippen molar-refractivity contribution in [1.29, 1.82) is 0 Å². The number of halogens is 2. The molecule has 0 spiro atoms. The maximum absolute atomic E-state index is 5.73. The molecule has 1 aliphatic heterocycles. The molecule has 1 heterocycles. The molecule has 0 saturated carbocycles. The van der Waals surface area contributed by atoms with Gasteiger partial charge in [0, 0.05) is 9.14 Å². The van der Waals surface area contributed by atoms with E-state index < -0.39 is 0 Å². The van der Waals surface area contributed by atoms with E-state index in [9.17, 15) is 0 Å². The molecule has 3 heteroatoms. The Balaban J connectivity index is 1.91. The fraction of sp³-hybridized carbons (Fsp3) is 0.167. The zero-order valence-electron chi connectivity index (χ0n) is 7.63. The van der Waals surface area contributed by atoms with Gasteiger partial charge in [0.1, 0.15) is 6.10 Å². The quantitative estimate of drug-likeness (QED) is 0.355. The molecule has 74 valence electrons. The first kappa shape index (κ1) is 9.18. The lowest BCUT2D eigenvalue weighted by molar-refractivity contribution is 0.411. The fourth-order valence-electron chi connectivity index (χ4n) is 2.39. The molecule has 0 amide bonds. The Morgan fingerprint density at radius 3 is 3.00 bits per heavy atom. The second kappa shape index (κ2) is 2.68. The average molecular weight is 420 g/mol. The Morgan fingerprint density at radius 2 is 2.13 bits per heavy atom. The lowest BCUT2D eigenvalue weighted by Crippen LogP contribution is -2.17. The van der Waals surface area contributed by atoms with E-state index in [1.54, 1.807) is 0 Å². The summed E-state index contributed by atoms with van der Waals surface area (Å²) < 4.78 is 7.00. The van der Waals surface area contributed by atoms with Crippen molar-refractivity contribution < 1.29 is 4.74 Å². The monoisotopic (exact) mass is 420 g/mol. The van der Waals surface area contributed by atoms with Gasteiger partial charge in [-0.15, -0.1) is 0 Å². The first-order chi connectivity index (χ1) is 7.19. The molecule has 15 heavy (non-hydrogen) atoms. The van der Waals surface area contributed by atoms with Crippen LogP contribution in [-0.4, -0.2) is 9.71 Å². The van der Waals surface area contributed by atoms with Crippen LogP contribution in [0, 0.1) is 3.57 Å². The molecule has 1 fully saturated rings. The van der Waals surface area contributed by atoms with Crippen molar-refractivity contribution in [3.8, 4) is 0 Å². The molecular formula is C12H6I2O. The van der Waals surface area contributed by atoms with E-state index in [0.29, 0.717) is 6.10 Å². The minimum atomic E-state index is -0.0305. The minimum Gasteiger partial charge on any atom is -0.345 e. The van der Waals surface area contributed by atoms with Crippen molar-refractivity contribution in [3.05, 3.63) is 45.0 Å². The highest BCUT2D eigenvalue weighted by molar-refractivity contribution is 14.1. The number of fused-ring (bicyclic) bond motifs is 5. The van der Waals surface area contributed by atoms with Gasteiger partial charge in [0.15, 0.2) is 3.61 Å². The molecule has 1 nitrogen and oxygen atoms in total. The van der Waals surface area contributed by atoms with Gasteiger partial charge in [0.05, 0.1) is 0 Å². The van der Waals surface area contributed by atoms with Gasteiger partial charge in [-0.05, 0) is 80.1 Å². The number of rotatable bonds is 0. The predicted octanol–water partition coefficient (Wildman–Crippen LogP) is 3.62. The van der Waals surface area contributed by atoms with Crippen LogP contribution in [0.4, 0.5) is 0 Å². The van der Waals surface area contributed by atoms with Gasteiger partial charge in [-0.1, -0.05) is 12.1 Å². The Morgan fingerprint density at radius 1 is 1.27 bits per heavy atom. The molecule has 3 aliphatic rings. The van der Waals surface area contributed by atoms with Crippen molar-refractivity contribution in [1.82, 2.24) is 0 Å². The van der Waals surface area contributed by atoms with Crippen LogP contribution in [0.5, 0.6) is 0 Å². The molecule has 0 radical (unpaired) electrons. The number of ether oxygens (including phenoxy) is 1. The highest BCUT2D eigenvalue weighted by Crippen LogP contribution is 2.60. The van der Waals surface area contributed by atoms with Crippen LogP contribution in [0.1, 0.15) is 11.1 Å². The van der Waals surface area contributed by atoms with E-state index in [4.69, 9.17) is 4.74 Å². The van der Waals surface area contributed by atoms with Gasteiger partial charge >= 0.3 is 0 Å². The molecule has 0 aromatic heterocycles. The summed E-state index contributed by atoms with van der Waals surface area (Å²) in [4.78, 5) is 0. The van der Waals surface area contributed by atoms with Crippen LogP contribution in [0.3, 0.4) is 0 Å². The number of allylic oxidation sites excluding steroid dienone is 2. The summed E-state index contributed by atoms with van der Waals surface area (Å²) in [5.41, 5.74) is 5.58. The van der Waals surface area contributed by atoms with Crippen molar-refractivity contribution in [3.63, 3.8) is 0 Å². The smallest absolute Gasteiger partial charge is 0.168 e.